The SMILES string of the molecule is CCOC(=O)Cc1ccc(C#N)c(I)c1Br. The Morgan fingerprint density at radius 3 is 2.88 bits per heavy atom. The first-order valence-corrected chi connectivity index (χ1v) is 6.50. The molecule has 0 bridgehead atoms. The van der Waals surface area contributed by atoms with Crippen LogP contribution in [0.15, 0.2) is 16.6 Å². The first kappa shape index (κ1) is 13.5. The standard InChI is InChI=1S/C11H9BrINO2/c1-2-16-9(15)5-7-3-4-8(6-14)11(13)10(7)12/h3-4H,2,5H2,1H3. The molecular weight excluding hydrogens is 385 g/mol. The molecule has 0 amide bonds. The van der Waals surface area contributed by atoms with Gasteiger partial charge in [-0.3, -0.25) is 4.79 Å². The lowest BCUT2D eigenvalue weighted by Crippen LogP contribution is -2.08. The third-order valence-corrected chi connectivity index (χ3v) is 4.69. The van der Waals surface area contributed by atoms with Gasteiger partial charge >= 0.3 is 5.97 Å². The number of hydrogen-bond acceptors (Lipinski definition) is 3. The fourth-order valence-corrected chi connectivity index (χ4v) is 2.31. The molecule has 0 N–H and O–H groups in total. The van der Waals surface area contributed by atoms with Crippen LogP contribution in [-0.2, 0) is 16.0 Å². The molecule has 0 aliphatic heterocycles. The van der Waals surface area contributed by atoms with Crippen molar-refractivity contribution in [2.45, 2.75) is 13.3 Å². The summed E-state index contributed by atoms with van der Waals surface area (Å²) in [5.41, 5.74) is 1.43. The quantitative estimate of drug-likeness (QED) is 0.585. The van der Waals surface area contributed by atoms with Gasteiger partial charge in [-0.25, -0.2) is 0 Å². The lowest BCUT2D eigenvalue weighted by molar-refractivity contribution is -0.142. The van der Waals surface area contributed by atoms with E-state index < -0.39 is 0 Å². The second-order valence-corrected chi connectivity index (χ2v) is 4.87. The Bertz CT molecular complexity index is 454. The molecular formula is C11H9BrINO2. The van der Waals surface area contributed by atoms with Crippen LogP contribution in [0.2, 0.25) is 0 Å². The number of rotatable bonds is 3. The lowest BCUT2D eigenvalue weighted by Gasteiger charge is -2.07. The molecule has 0 saturated carbocycles. The molecule has 1 rings (SSSR count). The monoisotopic (exact) mass is 393 g/mol. The Balaban J connectivity index is 2.96. The van der Waals surface area contributed by atoms with Crippen molar-refractivity contribution in [3.8, 4) is 6.07 Å². The van der Waals surface area contributed by atoms with Crippen molar-refractivity contribution < 1.29 is 9.53 Å². The second-order valence-electron chi connectivity index (χ2n) is 2.99. The Labute approximate surface area is 116 Å². The van der Waals surface area contributed by atoms with Crippen LogP contribution in [0.5, 0.6) is 0 Å². The number of hydrogen-bond donors (Lipinski definition) is 0. The number of benzene rings is 1. The van der Waals surface area contributed by atoms with E-state index in [-0.39, 0.29) is 12.4 Å². The maximum absolute atomic E-state index is 11.3. The molecule has 84 valence electrons. The van der Waals surface area contributed by atoms with E-state index in [9.17, 15) is 4.79 Å². The Morgan fingerprint density at radius 2 is 2.31 bits per heavy atom. The minimum Gasteiger partial charge on any atom is -0.466 e. The van der Waals surface area contributed by atoms with Crippen LogP contribution in [0.25, 0.3) is 0 Å². The molecule has 0 aromatic heterocycles. The number of nitriles is 1. The summed E-state index contributed by atoms with van der Waals surface area (Å²) in [6.07, 6.45) is 0.218. The van der Waals surface area contributed by atoms with E-state index in [0.29, 0.717) is 12.2 Å². The van der Waals surface area contributed by atoms with Crippen LogP contribution >= 0.6 is 38.5 Å². The predicted molar refractivity (Wildman–Crippen MR) is 71.9 cm³/mol. The first-order valence-electron chi connectivity index (χ1n) is 4.62. The zero-order valence-electron chi connectivity index (χ0n) is 8.59. The summed E-state index contributed by atoms with van der Waals surface area (Å²) < 4.78 is 6.48. The third-order valence-electron chi connectivity index (χ3n) is 1.92. The van der Waals surface area contributed by atoms with Crippen LogP contribution in [0.4, 0.5) is 0 Å². The van der Waals surface area contributed by atoms with E-state index >= 15 is 0 Å². The average Bonchev–Trinajstić information content (AvgIpc) is 2.25. The minimum atomic E-state index is -0.260. The molecule has 1 aromatic carbocycles. The average molecular weight is 394 g/mol. The molecule has 0 aliphatic rings. The van der Waals surface area contributed by atoms with Crippen LogP contribution in [0, 0.1) is 14.9 Å². The molecule has 0 heterocycles. The normalized spacial score (nSPS) is 9.62. The van der Waals surface area contributed by atoms with Crippen LogP contribution < -0.4 is 0 Å². The zero-order valence-corrected chi connectivity index (χ0v) is 12.3. The summed E-state index contributed by atoms with van der Waals surface area (Å²) in [7, 11) is 0. The second kappa shape index (κ2) is 6.21. The van der Waals surface area contributed by atoms with Crippen LogP contribution in [-0.4, -0.2) is 12.6 Å². The van der Waals surface area contributed by atoms with Gasteiger partial charge in [0, 0.05) is 8.04 Å². The molecule has 0 spiro atoms. The first-order chi connectivity index (χ1) is 7.60. The molecule has 3 nitrogen and oxygen atoms in total. The molecule has 1 aromatic rings. The van der Waals surface area contributed by atoms with Crippen LogP contribution in [0.3, 0.4) is 0 Å². The van der Waals surface area contributed by atoms with Crippen molar-refractivity contribution in [3.63, 3.8) is 0 Å². The van der Waals surface area contributed by atoms with E-state index in [4.69, 9.17) is 10.00 Å². The van der Waals surface area contributed by atoms with Gasteiger partial charge in [-0.05, 0) is 57.1 Å². The van der Waals surface area contributed by atoms with E-state index in [1.165, 1.54) is 0 Å². The zero-order chi connectivity index (χ0) is 12.1. The number of nitrogens with zero attached hydrogens (tertiary/aromatic N) is 1. The van der Waals surface area contributed by atoms with Gasteiger partial charge in [-0.15, -0.1) is 0 Å². The summed E-state index contributed by atoms with van der Waals surface area (Å²) in [4.78, 5) is 11.3. The summed E-state index contributed by atoms with van der Waals surface area (Å²) in [5, 5.41) is 8.83. The highest BCUT2D eigenvalue weighted by molar-refractivity contribution is 14.1. The van der Waals surface area contributed by atoms with Gasteiger partial charge in [-0.2, -0.15) is 5.26 Å². The van der Waals surface area contributed by atoms with E-state index in [0.717, 1.165) is 13.6 Å². The highest BCUT2D eigenvalue weighted by atomic mass is 127. The van der Waals surface area contributed by atoms with Crippen molar-refractivity contribution in [2.24, 2.45) is 0 Å². The molecule has 0 radical (unpaired) electrons. The maximum atomic E-state index is 11.3. The number of carbonyl (C=O) groups is 1. The summed E-state index contributed by atoms with van der Waals surface area (Å²) in [6.45, 7) is 2.15. The van der Waals surface area contributed by atoms with Crippen molar-refractivity contribution >= 4 is 44.5 Å². The third kappa shape index (κ3) is 3.19. The highest BCUT2D eigenvalue weighted by Gasteiger charge is 2.12. The van der Waals surface area contributed by atoms with Crippen molar-refractivity contribution in [1.29, 1.82) is 5.26 Å². The number of esters is 1. The Hall–Kier alpha value is -0.610. The van der Waals surface area contributed by atoms with Gasteiger partial charge < -0.3 is 4.74 Å². The maximum Gasteiger partial charge on any atom is 0.310 e. The molecule has 5 heteroatoms. The van der Waals surface area contributed by atoms with Crippen LogP contribution in [0.1, 0.15) is 18.1 Å². The van der Waals surface area contributed by atoms with Gasteiger partial charge in [0.05, 0.1) is 18.6 Å². The Morgan fingerprint density at radius 1 is 1.62 bits per heavy atom. The van der Waals surface area contributed by atoms with Gasteiger partial charge in [0.15, 0.2) is 0 Å². The molecule has 0 fully saturated rings. The van der Waals surface area contributed by atoms with Gasteiger partial charge in [-0.1, -0.05) is 6.07 Å². The van der Waals surface area contributed by atoms with Crippen molar-refractivity contribution in [1.82, 2.24) is 0 Å². The minimum absolute atomic E-state index is 0.218. The molecule has 0 aliphatic carbocycles. The molecule has 0 unspecified atom stereocenters. The van der Waals surface area contributed by atoms with Gasteiger partial charge in [0.1, 0.15) is 6.07 Å². The Kier molecular flexibility index (Phi) is 5.22. The molecule has 0 saturated heterocycles. The summed E-state index contributed by atoms with van der Waals surface area (Å²) in [5.74, 6) is -0.260. The molecule has 0 atom stereocenters. The fraction of sp³-hybridized carbons (Fsp3) is 0.273. The largest absolute Gasteiger partial charge is 0.466 e. The van der Waals surface area contributed by atoms with Gasteiger partial charge in [0.25, 0.3) is 0 Å². The smallest absolute Gasteiger partial charge is 0.310 e. The van der Waals surface area contributed by atoms with Gasteiger partial charge in [0.2, 0.25) is 0 Å². The number of halogens is 2. The topological polar surface area (TPSA) is 50.1 Å². The fourth-order valence-electron chi connectivity index (χ4n) is 1.18. The summed E-state index contributed by atoms with van der Waals surface area (Å²) >= 11 is 5.46. The lowest BCUT2D eigenvalue weighted by atomic mass is 10.1. The van der Waals surface area contributed by atoms with Crippen molar-refractivity contribution in [2.75, 3.05) is 6.61 Å². The molecule has 16 heavy (non-hydrogen) atoms. The van der Waals surface area contributed by atoms with Crippen molar-refractivity contribution in [3.05, 3.63) is 31.3 Å². The summed E-state index contributed by atoms with van der Waals surface area (Å²) in [6, 6.07) is 5.56. The number of carbonyl (C=O) groups excluding carboxylic acids is 1. The predicted octanol–water partition coefficient (Wildman–Crippen LogP) is 3.03. The highest BCUT2D eigenvalue weighted by Crippen LogP contribution is 2.27. The van der Waals surface area contributed by atoms with E-state index in [1.54, 1.807) is 19.1 Å². The number of ether oxygens (including phenoxy) is 1. The van der Waals surface area contributed by atoms with E-state index in [1.807, 2.05) is 0 Å². The van der Waals surface area contributed by atoms with E-state index in [2.05, 4.69) is 44.6 Å².